The Labute approximate surface area is 235 Å². The van der Waals surface area contributed by atoms with E-state index in [4.69, 9.17) is 4.42 Å². The van der Waals surface area contributed by atoms with Gasteiger partial charge in [-0.15, -0.1) is 11.3 Å². The Balaban J connectivity index is 1.43. The van der Waals surface area contributed by atoms with Crippen LogP contribution in [0.5, 0.6) is 0 Å². The second kappa shape index (κ2) is 8.95. The number of nitrogens with zero attached hydrogens (tertiary/aromatic N) is 1. The van der Waals surface area contributed by atoms with Crippen LogP contribution in [0.25, 0.3) is 75.5 Å². The quantitative estimate of drug-likeness (QED) is 0.229. The lowest BCUT2D eigenvalue weighted by Gasteiger charge is -2.15. The van der Waals surface area contributed by atoms with Gasteiger partial charge in [0.25, 0.3) is 0 Å². The lowest BCUT2D eigenvalue weighted by atomic mass is 9.87. The minimum atomic E-state index is 0.662. The molecule has 0 radical (unpaired) electrons. The van der Waals surface area contributed by atoms with Gasteiger partial charge in [-0.05, 0) is 76.3 Å². The Morgan fingerprint density at radius 2 is 1.12 bits per heavy atom. The fraction of sp³-hybridized carbons (Fsp3) is 0. The number of thiophene rings is 1. The van der Waals surface area contributed by atoms with Gasteiger partial charge >= 0.3 is 0 Å². The molecule has 40 heavy (non-hydrogen) atoms. The fourth-order valence-electron chi connectivity index (χ4n) is 5.81. The average Bonchev–Trinajstić information content (AvgIpc) is 3.58. The van der Waals surface area contributed by atoms with Crippen molar-refractivity contribution < 1.29 is 4.42 Å². The number of hydrogen-bond donors (Lipinski definition) is 0. The summed E-state index contributed by atoms with van der Waals surface area (Å²) in [7, 11) is 0. The summed E-state index contributed by atoms with van der Waals surface area (Å²) in [5.74, 6) is 0. The monoisotopic (exact) mass is 527 g/mol. The molecule has 2 heterocycles. The first kappa shape index (κ1) is 22.8. The Morgan fingerprint density at radius 1 is 0.475 bits per heavy atom. The minimum absolute atomic E-state index is 0.662. The number of rotatable bonds is 3. The number of nitriles is 1. The van der Waals surface area contributed by atoms with Crippen molar-refractivity contribution in [3.8, 4) is 39.4 Å². The van der Waals surface area contributed by atoms with Crippen LogP contribution in [0.1, 0.15) is 5.56 Å². The second-order valence-electron chi connectivity index (χ2n) is 10.0. The molecular weight excluding hydrogens is 506 g/mol. The predicted octanol–water partition coefficient (Wildman–Crippen LogP) is 10.8. The molecule has 8 rings (SSSR count). The highest BCUT2D eigenvalue weighted by Crippen LogP contribution is 2.42. The fourth-order valence-corrected chi connectivity index (χ4v) is 6.90. The number of para-hydroxylation sites is 1. The van der Waals surface area contributed by atoms with Crippen molar-refractivity contribution in [1.82, 2.24) is 0 Å². The van der Waals surface area contributed by atoms with Gasteiger partial charge in [0.1, 0.15) is 11.2 Å². The third kappa shape index (κ3) is 3.55. The molecule has 8 aromatic rings. The van der Waals surface area contributed by atoms with E-state index in [1.807, 2.05) is 47.7 Å². The van der Waals surface area contributed by atoms with Crippen LogP contribution in [0.2, 0.25) is 0 Å². The maximum Gasteiger partial charge on any atom is 0.135 e. The van der Waals surface area contributed by atoms with E-state index in [2.05, 4.69) is 97.1 Å². The first-order valence-electron chi connectivity index (χ1n) is 13.2. The highest BCUT2D eigenvalue weighted by Gasteiger charge is 2.17. The second-order valence-corrected chi connectivity index (χ2v) is 11.1. The van der Waals surface area contributed by atoms with Crippen LogP contribution in [0.3, 0.4) is 0 Å². The molecule has 6 aromatic carbocycles. The van der Waals surface area contributed by atoms with E-state index in [1.54, 1.807) is 0 Å². The lowest BCUT2D eigenvalue weighted by molar-refractivity contribution is 0.669. The molecule has 3 heteroatoms. The van der Waals surface area contributed by atoms with Gasteiger partial charge in [0.2, 0.25) is 0 Å². The zero-order chi connectivity index (χ0) is 26.6. The Hall–Kier alpha value is -5.17. The lowest BCUT2D eigenvalue weighted by Crippen LogP contribution is -1.92. The normalized spacial score (nSPS) is 11.5. The van der Waals surface area contributed by atoms with Gasteiger partial charge in [-0.1, -0.05) is 78.9 Å². The standard InChI is InChI=1S/C37H21NOS/c38-22-26-20-30(25-15-17-37-33(19-25)28-11-5-7-13-36(28)40-37)31(21-29(26)23-8-2-1-3-9-23)24-14-16-35-32(18-24)27-10-4-6-12-34(27)39-35/h1-21H. The van der Waals surface area contributed by atoms with Crippen LogP contribution in [0.15, 0.2) is 132 Å². The van der Waals surface area contributed by atoms with E-state index in [0.29, 0.717) is 5.56 Å². The molecule has 0 spiro atoms. The van der Waals surface area contributed by atoms with Crippen LogP contribution in [-0.2, 0) is 0 Å². The minimum Gasteiger partial charge on any atom is -0.456 e. The largest absolute Gasteiger partial charge is 0.456 e. The van der Waals surface area contributed by atoms with E-state index in [1.165, 1.54) is 20.2 Å². The highest BCUT2D eigenvalue weighted by molar-refractivity contribution is 7.25. The van der Waals surface area contributed by atoms with Gasteiger partial charge in [0, 0.05) is 36.5 Å². The molecule has 0 fully saturated rings. The summed E-state index contributed by atoms with van der Waals surface area (Å²) in [5.41, 5.74) is 8.69. The van der Waals surface area contributed by atoms with Gasteiger partial charge in [-0.25, -0.2) is 0 Å². The predicted molar refractivity (Wildman–Crippen MR) is 168 cm³/mol. The molecule has 0 bridgehead atoms. The Bertz CT molecular complexity index is 2280. The van der Waals surface area contributed by atoms with E-state index >= 15 is 0 Å². The summed E-state index contributed by atoms with van der Waals surface area (Å²) in [5, 5.41) is 15.0. The number of hydrogen-bond acceptors (Lipinski definition) is 3. The molecule has 0 saturated heterocycles. The van der Waals surface area contributed by atoms with Crippen LogP contribution in [-0.4, -0.2) is 0 Å². The molecule has 0 N–H and O–H groups in total. The summed E-state index contributed by atoms with van der Waals surface area (Å²) in [6.07, 6.45) is 0. The molecule has 0 aliphatic heterocycles. The molecule has 2 nitrogen and oxygen atoms in total. The highest BCUT2D eigenvalue weighted by atomic mass is 32.1. The number of fused-ring (bicyclic) bond motifs is 6. The molecule has 0 unspecified atom stereocenters. The molecule has 0 amide bonds. The van der Waals surface area contributed by atoms with Gasteiger partial charge in [0.05, 0.1) is 11.6 Å². The van der Waals surface area contributed by atoms with Crippen molar-refractivity contribution in [2.45, 2.75) is 0 Å². The van der Waals surface area contributed by atoms with Gasteiger partial charge in [-0.3, -0.25) is 0 Å². The van der Waals surface area contributed by atoms with Crippen LogP contribution < -0.4 is 0 Å². The molecule has 2 aromatic heterocycles. The number of benzene rings is 6. The summed E-state index contributed by atoms with van der Waals surface area (Å²) in [6.45, 7) is 0. The molecule has 0 atom stereocenters. The smallest absolute Gasteiger partial charge is 0.135 e. The van der Waals surface area contributed by atoms with Crippen LogP contribution in [0.4, 0.5) is 0 Å². The van der Waals surface area contributed by atoms with E-state index < -0.39 is 0 Å². The maximum atomic E-state index is 10.3. The summed E-state index contributed by atoms with van der Waals surface area (Å²) < 4.78 is 8.67. The van der Waals surface area contributed by atoms with E-state index in [0.717, 1.165) is 55.3 Å². The van der Waals surface area contributed by atoms with Crippen molar-refractivity contribution in [1.29, 1.82) is 5.26 Å². The van der Waals surface area contributed by atoms with Gasteiger partial charge < -0.3 is 4.42 Å². The summed E-state index contributed by atoms with van der Waals surface area (Å²) in [4.78, 5) is 0. The van der Waals surface area contributed by atoms with Gasteiger partial charge in [-0.2, -0.15) is 5.26 Å². The molecule has 0 aliphatic rings. The molecule has 0 saturated carbocycles. The van der Waals surface area contributed by atoms with Gasteiger partial charge in [0.15, 0.2) is 0 Å². The topological polar surface area (TPSA) is 36.9 Å². The van der Waals surface area contributed by atoms with E-state index in [-0.39, 0.29) is 0 Å². The maximum absolute atomic E-state index is 10.3. The Morgan fingerprint density at radius 3 is 1.98 bits per heavy atom. The first-order chi connectivity index (χ1) is 19.8. The van der Waals surface area contributed by atoms with Crippen LogP contribution >= 0.6 is 11.3 Å². The molecular formula is C37H21NOS. The van der Waals surface area contributed by atoms with E-state index in [9.17, 15) is 5.26 Å². The average molecular weight is 528 g/mol. The van der Waals surface area contributed by atoms with Crippen molar-refractivity contribution in [2.24, 2.45) is 0 Å². The first-order valence-corrected chi connectivity index (χ1v) is 14.1. The molecule has 0 aliphatic carbocycles. The SMILES string of the molecule is N#Cc1cc(-c2ccc3sc4ccccc4c3c2)c(-c2ccc3oc4ccccc4c3c2)cc1-c1ccccc1. The summed E-state index contributed by atoms with van der Waals surface area (Å²) >= 11 is 1.81. The zero-order valence-electron chi connectivity index (χ0n) is 21.4. The zero-order valence-corrected chi connectivity index (χ0v) is 22.2. The van der Waals surface area contributed by atoms with Crippen molar-refractivity contribution in [2.75, 3.05) is 0 Å². The third-order valence-electron chi connectivity index (χ3n) is 7.74. The summed E-state index contributed by atoms with van der Waals surface area (Å²) in [6, 6.07) is 46.7. The molecule has 186 valence electrons. The van der Waals surface area contributed by atoms with Crippen LogP contribution in [0, 0.1) is 11.3 Å². The van der Waals surface area contributed by atoms with Crippen molar-refractivity contribution in [3.63, 3.8) is 0 Å². The number of furan rings is 1. The van der Waals surface area contributed by atoms with Crippen molar-refractivity contribution >= 4 is 53.4 Å². The third-order valence-corrected chi connectivity index (χ3v) is 8.89. The van der Waals surface area contributed by atoms with Crippen molar-refractivity contribution in [3.05, 3.63) is 133 Å². The Kier molecular flexibility index (Phi) is 5.10.